The molecule has 1 aromatic carbocycles. The Labute approximate surface area is 125 Å². The van der Waals surface area contributed by atoms with Gasteiger partial charge in [0.1, 0.15) is 11.5 Å². The van der Waals surface area contributed by atoms with Gasteiger partial charge in [-0.25, -0.2) is 0 Å². The lowest BCUT2D eigenvalue weighted by atomic mass is 9.87. The van der Waals surface area contributed by atoms with Gasteiger partial charge in [-0.1, -0.05) is 0 Å². The number of ether oxygens (including phenoxy) is 2. The van der Waals surface area contributed by atoms with Crippen LogP contribution in [-0.4, -0.2) is 24.3 Å². The Kier molecular flexibility index (Phi) is 4.77. The van der Waals surface area contributed by atoms with Crippen LogP contribution in [0.2, 0.25) is 0 Å². The molecule has 8 heteroatoms. The molecule has 1 aliphatic rings. The van der Waals surface area contributed by atoms with Crippen LogP contribution in [0.25, 0.3) is 0 Å². The van der Waals surface area contributed by atoms with Gasteiger partial charge in [0.25, 0.3) is 5.69 Å². The maximum absolute atomic E-state index is 12.6. The van der Waals surface area contributed by atoms with Crippen molar-refractivity contribution in [2.45, 2.75) is 38.0 Å². The maximum atomic E-state index is 12.6. The second kappa shape index (κ2) is 6.41. The number of alkyl halides is 3. The zero-order valence-electron chi connectivity index (χ0n) is 11.9. The van der Waals surface area contributed by atoms with E-state index in [1.807, 2.05) is 0 Å². The Morgan fingerprint density at radius 2 is 1.73 bits per heavy atom. The fourth-order valence-electron chi connectivity index (χ4n) is 2.55. The lowest BCUT2D eigenvalue weighted by Crippen LogP contribution is -2.31. The van der Waals surface area contributed by atoms with Gasteiger partial charge in [0.05, 0.1) is 36.2 Å². The lowest BCUT2D eigenvalue weighted by Gasteiger charge is -2.30. The van der Waals surface area contributed by atoms with Crippen molar-refractivity contribution in [3.63, 3.8) is 0 Å². The number of non-ortho nitro benzene ring substituents is 1. The third kappa shape index (κ3) is 4.02. The number of hydrogen-bond acceptors (Lipinski definition) is 4. The number of nitro groups is 1. The Morgan fingerprint density at radius 3 is 2.23 bits per heavy atom. The minimum atomic E-state index is -4.17. The molecule has 1 aliphatic carbocycles. The van der Waals surface area contributed by atoms with Crippen LogP contribution in [0.4, 0.5) is 18.9 Å². The van der Waals surface area contributed by atoms with Crippen LogP contribution in [0.3, 0.4) is 0 Å². The highest BCUT2D eigenvalue weighted by atomic mass is 19.4. The predicted molar refractivity (Wildman–Crippen MR) is 72.1 cm³/mol. The van der Waals surface area contributed by atoms with Crippen molar-refractivity contribution in [1.29, 1.82) is 0 Å². The van der Waals surface area contributed by atoms with Gasteiger partial charge in [-0.2, -0.15) is 13.2 Å². The number of benzene rings is 1. The van der Waals surface area contributed by atoms with Gasteiger partial charge in [-0.15, -0.1) is 0 Å². The van der Waals surface area contributed by atoms with Crippen LogP contribution in [0.15, 0.2) is 18.2 Å². The van der Waals surface area contributed by atoms with E-state index in [-0.39, 0.29) is 49.0 Å². The van der Waals surface area contributed by atoms with Crippen LogP contribution in [0.1, 0.15) is 25.7 Å². The topological polar surface area (TPSA) is 61.6 Å². The molecule has 5 nitrogen and oxygen atoms in total. The third-order valence-corrected chi connectivity index (χ3v) is 3.75. The smallest absolute Gasteiger partial charge is 0.391 e. The summed E-state index contributed by atoms with van der Waals surface area (Å²) in [5.41, 5.74) is -0.182. The normalized spacial score (nSPS) is 22.2. The van der Waals surface area contributed by atoms with Gasteiger partial charge in [0, 0.05) is 6.07 Å². The Morgan fingerprint density at radius 1 is 1.14 bits per heavy atom. The fraction of sp³-hybridized carbons (Fsp3) is 0.571. The molecule has 0 amide bonds. The molecule has 1 saturated carbocycles. The van der Waals surface area contributed by atoms with Crippen LogP contribution in [0, 0.1) is 16.0 Å². The van der Waals surface area contributed by atoms with Crippen molar-refractivity contribution in [3.05, 3.63) is 28.3 Å². The van der Waals surface area contributed by atoms with Gasteiger partial charge in [0.2, 0.25) is 0 Å². The Bertz CT molecular complexity index is 539. The molecule has 0 heterocycles. The fourth-order valence-corrected chi connectivity index (χ4v) is 2.55. The molecule has 2 rings (SSSR count). The minimum absolute atomic E-state index is 0.0141. The van der Waals surface area contributed by atoms with Crippen LogP contribution < -0.4 is 9.47 Å². The van der Waals surface area contributed by atoms with Gasteiger partial charge in [-0.3, -0.25) is 10.1 Å². The molecule has 0 unspecified atom stereocenters. The molecule has 0 atom stereocenters. The van der Waals surface area contributed by atoms with Crippen molar-refractivity contribution in [2.75, 3.05) is 7.11 Å². The summed E-state index contributed by atoms with van der Waals surface area (Å²) in [6.45, 7) is 0. The molecular weight excluding hydrogens is 303 g/mol. The van der Waals surface area contributed by atoms with Crippen molar-refractivity contribution in [3.8, 4) is 11.5 Å². The van der Waals surface area contributed by atoms with Crippen molar-refractivity contribution in [2.24, 2.45) is 5.92 Å². The number of hydrogen-bond donors (Lipinski definition) is 0. The molecule has 0 spiro atoms. The van der Waals surface area contributed by atoms with E-state index in [9.17, 15) is 23.3 Å². The summed E-state index contributed by atoms with van der Waals surface area (Å²) in [4.78, 5) is 10.3. The second-order valence-corrected chi connectivity index (χ2v) is 5.26. The van der Waals surface area contributed by atoms with Gasteiger partial charge >= 0.3 is 6.18 Å². The lowest BCUT2D eigenvalue weighted by molar-refractivity contribution is -0.385. The molecule has 0 aliphatic heterocycles. The summed E-state index contributed by atoms with van der Waals surface area (Å²) in [5.74, 6) is -0.776. The first kappa shape index (κ1) is 16.4. The second-order valence-electron chi connectivity index (χ2n) is 5.26. The molecule has 0 bridgehead atoms. The summed E-state index contributed by atoms with van der Waals surface area (Å²) in [7, 11) is 1.37. The first-order valence-electron chi connectivity index (χ1n) is 6.86. The van der Waals surface area contributed by atoms with Crippen molar-refractivity contribution in [1.82, 2.24) is 0 Å². The Hall–Kier alpha value is -1.99. The average molecular weight is 319 g/mol. The minimum Gasteiger partial charge on any atom is -0.496 e. The van der Waals surface area contributed by atoms with E-state index in [4.69, 9.17) is 9.47 Å². The maximum Gasteiger partial charge on any atom is 0.391 e. The third-order valence-electron chi connectivity index (χ3n) is 3.75. The molecule has 1 aromatic rings. The van der Waals surface area contributed by atoms with Gasteiger partial charge < -0.3 is 9.47 Å². The summed E-state index contributed by atoms with van der Waals surface area (Å²) in [5, 5.41) is 10.8. The summed E-state index contributed by atoms with van der Waals surface area (Å²) >= 11 is 0. The summed E-state index contributed by atoms with van der Waals surface area (Å²) in [6, 6.07) is 3.99. The van der Waals surface area contributed by atoms with Crippen LogP contribution in [-0.2, 0) is 0 Å². The van der Waals surface area contributed by atoms with E-state index in [2.05, 4.69) is 0 Å². The molecule has 0 aromatic heterocycles. The zero-order valence-corrected chi connectivity index (χ0v) is 11.9. The average Bonchev–Trinajstić information content (AvgIpc) is 2.46. The summed E-state index contributed by atoms with van der Waals surface area (Å²) in [6.07, 6.45) is -3.96. The highest BCUT2D eigenvalue weighted by molar-refractivity contribution is 5.46. The first-order chi connectivity index (χ1) is 10.3. The molecule has 0 radical (unpaired) electrons. The SMILES string of the molecule is COc1cc(OC2CCC(C(F)(F)F)CC2)cc([N+](=O)[O-])c1. The standard InChI is InChI=1S/C14H16F3NO4/c1-21-12-6-10(18(19)20)7-13(8-12)22-11-4-2-9(3-5-11)14(15,16)17/h6-9,11H,2-5H2,1H3. The number of halogens is 3. The quantitative estimate of drug-likeness (QED) is 0.619. The molecule has 22 heavy (non-hydrogen) atoms. The van der Waals surface area contributed by atoms with E-state index in [0.717, 1.165) is 0 Å². The largest absolute Gasteiger partial charge is 0.496 e. The number of methoxy groups -OCH3 is 1. The number of nitrogens with zero attached hydrogens (tertiary/aromatic N) is 1. The first-order valence-corrected chi connectivity index (χ1v) is 6.86. The molecule has 122 valence electrons. The molecule has 0 N–H and O–H groups in total. The van der Waals surface area contributed by atoms with E-state index in [0.29, 0.717) is 0 Å². The van der Waals surface area contributed by atoms with Crippen molar-refractivity contribution >= 4 is 5.69 Å². The van der Waals surface area contributed by atoms with E-state index in [1.54, 1.807) is 0 Å². The van der Waals surface area contributed by atoms with Gasteiger partial charge in [0.15, 0.2) is 0 Å². The Balaban J connectivity index is 2.03. The van der Waals surface area contributed by atoms with Crippen molar-refractivity contribution < 1.29 is 27.6 Å². The highest BCUT2D eigenvalue weighted by Crippen LogP contribution is 2.39. The molecule has 0 saturated heterocycles. The molecule has 1 fully saturated rings. The number of nitro benzene ring substituents is 1. The monoisotopic (exact) mass is 319 g/mol. The van der Waals surface area contributed by atoms with Gasteiger partial charge in [-0.05, 0) is 25.7 Å². The van der Waals surface area contributed by atoms with Crippen LogP contribution in [0.5, 0.6) is 11.5 Å². The van der Waals surface area contributed by atoms with E-state index < -0.39 is 17.0 Å². The molecular formula is C14H16F3NO4. The summed E-state index contributed by atoms with van der Waals surface area (Å²) < 4.78 is 48.4. The predicted octanol–water partition coefficient (Wildman–Crippen LogP) is 4.10. The van der Waals surface area contributed by atoms with E-state index >= 15 is 0 Å². The van der Waals surface area contributed by atoms with E-state index in [1.165, 1.54) is 25.3 Å². The number of rotatable bonds is 4. The zero-order chi connectivity index (χ0) is 16.3. The highest BCUT2D eigenvalue weighted by Gasteiger charge is 2.41. The van der Waals surface area contributed by atoms with Crippen LogP contribution >= 0.6 is 0 Å².